The number of esters is 1. The fraction of sp³-hybridized carbons (Fsp3) is 0.243. The average molecular weight is 649 g/mol. The van der Waals surface area contributed by atoms with Gasteiger partial charge in [0.05, 0.1) is 47.4 Å². The van der Waals surface area contributed by atoms with Crippen LogP contribution in [0.15, 0.2) is 100 Å². The number of hydrogen-bond donors (Lipinski definition) is 0. The molecule has 0 amide bonds. The summed E-state index contributed by atoms with van der Waals surface area (Å²) in [5.41, 5.74) is 5.56. The van der Waals surface area contributed by atoms with Crippen LogP contribution in [0.1, 0.15) is 50.4 Å². The van der Waals surface area contributed by atoms with Gasteiger partial charge in [-0.15, -0.1) is 0 Å². The summed E-state index contributed by atoms with van der Waals surface area (Å²) in [5.74, 6) is 0.976. The minimum atomic E-state index is -0.721. The van der Waals surface area contributed by atoms with Crippen molar-refractivity contribution in [3.05, 3.63) is 127 Å². The molecule has 5 aromatic rings. The first kappa shape index (κ1) is 31.7. The van der Waals surface area contributed by atoms with E-state index < -0.39 is 12.0 Å². The SMILES string of the molecule is CCOC(=O)C1=C(C)N=c2s/c(=C\c3cn(-c4ccccc4)nc3-c3ccc(OC(C)C)c(C)c3)c(=O)n2C1c1ccc(OC)cc1. The van der Waals surface area contributed by atoms with E-state index in [1.54, 1.807) is 25.5 Å². The summed E-state index contributed by atoms with van der Waals surface area (Å²) in [6, 6.07) is 22.4. The highest BCUT2D eigenvalue weighted by Gasteiger charge is 2.33. The van der Waals surface area contributed by atoms with Gasteiger partial charge in [0.25, 0.3) is 5.56 Å². The molecule has 0 bridgehead atoms. The van der Waals surface area contributed by atoms with Crippen LogP contribution in [0.2, 0.25) is 0 Å². The van der Waals surface area contributed by atoms with Crippen molar-refractivity contribution in [1.82, 2.24) is 14.3 Å². The van der Waals surface area contributed by atoms with Gasteiger partial charge in [-0.25, -0.2) is 14.5 Å². The van der Waals surface area contributed by atoms with Crippen molar-refractivity contribution in [2.75, 3.05) is 13.7 Å². The number of aromatic nitrogens is 3. The van der Waals surface area contributed by atoms with Gasteiger partial charge >= 0.3 is 5.97 Å². The summed E-state index contributed by atoms with van der Waals surface area (Å²) in [7, 11) is 1.59. The molecule has 3 aromatic carbocycles. The van der Waals surface area contributed by atoms with E-state index in [0.29, 0.717) is 32.0 Å². The number of nitrogens with zero attached hydrogens (tertiary/aromatic N) is 4. The topological polar surface area (TPSA) is 96.9 Å². The zero-order valence-corrected chi connectivity index (χ0v) is 28.0. The molecule has 1 aliphatic rings. The second-order valence-electron chi connectivity index (χ2n) is 11.4. The first-order valence-electron chi connectivity index (χ1n) is 15.4. The summed E-state index contributed by atoms with van der Waals surface area (Å²) in [4.78, 5) is 32.8. The maximum absolute atomic E-state index is 14.3. The third kappa shape index (κ3) is 6.29. The van der Waals surface area contributed by atoms with Crippen LogP contribution in [-0.2, 0) is 9.53 Å². The Morgan fingerprint density at radius 2 is 1.79 bits per heavy atom. The molecule has 1 unspecified atom stereocenters. The lowest BCUT2D eigenvalue weighted by molar-refractivity contribution is -0.139. The smallest absolute Gasteiger partial charge is 0.338 e. The number of fused-ring (bicyclic) bond motifs is 1. The minimum Gasteiger partial charge on any atom is -0.497 e. The van der Waals surface area contributed by atoms with Crippen LogP contribution in [0, 0.1) is 6.92 Å². The zero-order chi connectivity index (χ0) is 33.2. The van der Waals surface area contributed by atoms with Crippen LogP contribution in [0.5, 0.6) is 11.5 Å². The minimum absolute atomic E-state index is 0.0493. The number of benzene rings is 3. The fourth-order valence-corrected chi connectivity index (χ4v) is 6.68. The van der Waals surface area contributed by atoms with Crippen LogP contribution < -0.4 is 24.4 Å². The Morgan fingerprint density at radius 3 is 2.45 bits per heavy atom. The normalized spacial score (nSPS) is 14.6. The number of aryl methyl sites for hydroxylation is 1. The number of carbonyl (C=O) groups is 1. The number of hydrogen-bond acceptors (Lipinski definition) is 8. The number of rotatable bonds is 9. The molecule has 47 heavy (non-hydrogen) atoms. The van der Waals surface area contributed by atoms with Crippen molar-refractivity contribution in [1.29, 1.82) is 0 Å². The second-order valence-corrected chi connectivity index (χ2v) is 12.4. The first-order valence-corrected chi connectivity index (χ1v) is 16.3. The number of allylic oxidation sites excluding steroid dienone is 1. The largest absolute Gasteiger partial charge is 0.497 e. The highest BCUT2D eigenvalue weighted by Crippen LogP contribution is 2.32. The van der Waals surface area contributed by atoms with E-state index in [-0.39, 0.29) is 18.3 Å². The molecule has 1 atom stereocenters. The Balaban J connectivity index is 1.54. The Bertz CT molecular complexity index is 2160. The summed E-state index contributed by atoms with van der Waals surface area (Å²) in [5, 5.41) is 4.97. The van der Waals surface area contributed by atoms with Gasteiger partial charge in [0.2, 0.25) is 0 Å². The van der Waals surface area contributed by atoms with E-state index in [1.165, 1.54) is 11.3 Å². The van der Waals surface area contributed by atoms with E-state index in [9.17, 15) is 9.59 Å². The van der Waals surface area contributed by atoms with Crippen LogP contribution in [0.25, 0.3) is 23.0 Å². The maximum Gasteiger partial charge on any atom is 0.338 e. The maximum atomic E-state index is 14.3. The number of thiazole rings is 1. The molecular weight excluding hydrogens is 612 g/mol. The lowest BCUT2D eigenvalue weighted by Crippen LogP contribution is -2.39. The van der Waals surface area contributed by atoms with E-state index in [2.05, 4.69) is 0 Å². The Labute approximate surface area is 276 Å². The van der Waals surface area contributed by atoms with Crippen LogP contribution >= 0.6 is 11.3 Å². The average Bonchev–Trinajstić information content (AvgIpc) is 3.62. The molecule has 0 fully saturated rings. The highest BCUT2D eigenvalue weighted by molar-refractivity contribution is 7.07. The van der Waals surface area contributed by atoms with Crippen LogP contribution in [0.3, 0.4) is 0 Å². The van der Waals surface area contributed by atoms with E-state index >= 15 is 0 Å². The molecule has 0 saturated carbocycles. The van der Waals surface area contributed by atoms with E-state index in [4.69, 9.17) is 24.3 Å². The molecule has 0 aliphatic carbocycles. The van der Waals surface area contributed by atoms with Gasteiger partial charge in [0, 0.05) is 17.3 Å². The predicted octanol–water partition coefficient (Wildman–Crippen LogP) is 5.76. The van der Waals surface area contributed by atoms with Crippen molar-refractivity contribution >= 4 is 23.4 Å². The molecule has 240 valence electrons. The van der Waals surface area contributed by atoms with Gasteiger partial charge in [-0.05, 0) is 94.3 Å². The number of ether oxygens (including phenoxy) is 3. The lowest BCUT2D eigenvalue weighted by Gasteiger charge is -2.24. The molecule has 6 rings (SSSR count). The molecule has 0 spiro atoms. The lowest BCUT2D eigenvalue weighted by atomic mass is 9.96. The van der Waals surface area contributed by atoms with Crippen molar-refractivity contribution < 1.29 is 19.0 Å². The molecule has 0 saturated heterocycles. The monoisotopic (exact) mass is 648 g/mol. The summed E-state index contributed by atoms with van der Waals surface area (Å²) in [6.07, 6.45) is 3.83. The van der Waals surface area contributed by atoms with Gasteiger partial charge < -0.3 is 14.2 Å². The second kappa shape index (κ2) is 13.3. The molecule has 0 N–H and O–H groups in total. The zero-order valence-electron chi connectivity index (χ0n) is 27.2. The number of methoxy groups -OCH3 is 1. The third-order valence-corrected chi connectivity index (χ3v) is 8.79. The summed E-state index contributed by atoms with van der Waals surface area (Å²) in [6.45, 7) is 9.74. The van der Waals surface area contributed by atoms with Crippen molar-refractivity contribution in [2.24, 2.45) is 4.99 Å². The number of para-hydroxylation sites is 1. The van der Waals surface area contributed by atoms with Crippen LogP contribution in [-0.4, -0.2) is 40.1 Å². The molecular formula is C37H36N4O5S. The summed E-state index contributed by atoms with van der Waals surface area (Å²) < 4.78 is 20.6. The van der Waals surface area contributed by atoms with Crippen molar-refractivity contribution in [3.8, 4) is 28.4 Å². The van der Waals surface area contributed by atoms with Gasteiger partial charge in [0.1, 0.15) is 17.2 Å². The Morgan fingerprint density at radius 1 is 1.04 bits per heavy atom. The Hall–Kier alpha value is -5.22. The van der Waals surface area contributed by atoms with E-state index in [0.717, 1.165) is 33.7 Å². The molecule has 2 aromatic heterocycles. The Kier molecular flexibility index (Phi) is 8.95. The summed E-state index contributed by atoms with van der Waals surface area (Å²) >= 11 is 1.28. The van der Waals surface area contributed by atoms with Gasteiger partial charge in [-0.1, -0.05) is 41.7 Å². The third-order valence-electron chi connectivity index (χ3n) is 7.81. The van der Waals surface area contributed by atoms with Gasteiger partial charge in [-0.2, -0.15) is 5.10 Å². The van der Waals surface area contributed by atoms with Crippen LogP contribution in [0.4, 0.5) is 0 Å². The molecule has 1 aliphatic heterocycles. The van der Waals surface area contributed by atoms with Crippen molar-refractivity contribution in [3.63, 3.8) is 0 Å². The van der Waals surface area contributed by atoms with Gasteiger partial charge in [-0.3, -0.25) is 9.36 Å². The number of carbonyl (C=O) groups excluding carboxylic acids is 1. The quantitative estimate of drug-likeness (QED) is 0.189. The standard InChI is InChI=1S/C37H36N4O5S/c1-7-45-36(43)32-24(5)38-37-41(34(32)25-13-16-29(44-6)17-14-25)35(42)31(47-37)20-27-21-40(28-11-9-8-10-12-28)39-33(27)26-15-18-30(23(4)19-26)46-22(2)3/h8-22,34H,7H2,1-6H3/b31-20-. The van der Waals surface area contributed by atoms with E-state index in [1.807, 2.05) is 111 Å². The predicted molar refractivity (Wildman–Crippen MR) is 183 cm³/mol. The fourth-order valence-electron chi connectivity index (χ4n) is 5.65. The van der Waals surface area contributed by atoms with Crippen molar-refractivity contribution in [2.45, 2.75) is 46.8 Å². The molecule has 0 radical (unpaired) electrons. The first-order chi connectivity index (χ1) is 22.7. The van der Waals surface area contributed by atoms with Gasteiger partial charge in [0.15, 0.2) is 4.80 Å². The molecule has 10 heteroatoms. The molecule has 3 heterocycles. The highest BCUT2D eigenvalue weighted by atomic mass is 32.1. The molecule has 9 nitrogen and oxygen atoms in total.